The van der Waals surface area contributed by atoms with Gasteiger partial charge >= 0.3 is 0 Å². The van der Waals surface area contributed by atoms with E-state index in [4.69, 9.17) is 0 Å². The van der Waals surface area contributed by atoms with Crippen molar-refractivity contribution in [3.8, 4) is 0 Å². The molecule has 1 aromatic heterocycles. The number of hydrogen-bond donors (Lipinski definition) is 2. The first kappa shape index (κ1) is 22.5. The van der Waals surface area contributed by atoms with Crippen molar-refractivity contribution in [3.63, 3.8) is 0 Å². The zero-order valence-corrected chi connectivity index (χ0v) is 18.9. The molecule has 0 saturated carbocycles. The van der Waals surface area contributed by atoms with Crippen LogP contribution in [0.4, 0.5) is 0 Å². The number of aromatic nitrogens is 3. The Balaban J connectivity index is 1.62. The number of aliphatic imine (C=N–C) groups is 1. The molecule has 164 valence electrons. The zero-order valence-electron chi connectivity index (χ0n) is 18.0. The van der Waals surface area contributed by atoms with Crippen molar-refractivity contribution >= 4 is 15.8 Å². The van der Waals surface area contributed by atoms with Crippen molar-refractivity contribution in [2.24, 2.45) is 12.0 Å². The third kappa shape index (κ3) is 6.65. The summed E-state index contributed by atoms with van der Waals surface area (Å²) in [4.78, 5) is 5.01. The molecule has 3 rings (SSSR count). The van der Waals surface area contributed by atoms with Crippen LogP contribution in [0.25, 0.3) is 0 Å². The van der Waals surface area contributed by atoms with E-state index in [0.29, 0.717) is 30.5 Å². The summed E-state index contributed by atoms with van der Waals surface area (Å²) in [5.74, 6) is 2.35. The van der Waals surface area contributed by atoms with E-state index in [-0.39, 0.29) is 0 Å². The molecule has 0 spiro atoms. The van der Waals surface area contributed by atoms with Gasteiger partial charge in [0.05, 0.1) is 18.0 Å². The number of guanidine groups is 1. The summed E-state index contributed by atoms with van der Waals surface area (Å²) in [5, 5.41) is 14.9. The van der Waals surface area contributed by atoms with E-state index in [1.807, 2.05) is 61.0 Å². The summed E-state index contributed by atoms with van der Waals surface area (Å²) >= 11 is 0. The summed E-state index contributed by atoms with van der Waals surface area (Å²) < 4.78 is 25.1. The van der Waals surface area contributed by atoms with Crippen molar-refractivity contribution in [2.75, 3.05) is 12.8 Å². The molecule has 1 heterocycles. The third-order valence-electron chi connectivity index (χ3n) is 4.92. The lowest BCUT2D eigenvalue weighted by molar-refractivity contribution is 0.602. The van der Waals surface area contributed by atoms with Crippen molar-refractivity contribution in [1.82, 2.24) is 25.4 Å². The lowest BCUT2D eigenvalue weighted by Crippen LogP contribution is -2.38. The highest BCUT2D eigenvalue weighted by Gasteiger charge is 2.08. The van der Waals surface area contributed by atoms with Crippen LogP contribution >= 0.6 is 0 Å². The number of nitrogens with one attached hydrogen (secondary N) is 2. The Kier molecular flexibility index (Phi) is 7.41. The number of aryl methyl sites for hydroxylation is 1. The molecule has 8 nitrogen and oxygen atoms in total. The van der Waals surface area contributed by atoms with Gasteiger partial charge in [-0.15, -0.1) is 10.2 Å². The van der Waals surface area contributed by atoms with Crippen molar-refractivity contribution in [3.05, 3.63) is 77.4 Å². The molecule has 0 fully saturated rings. The molecule has 0 aliphatic carbocycles. The molecule has 31 heavy (non-hydrogen) atoms. The lowest BCUT2D eigenvalue weighted by atomic mass is 10.1. The Morgan fingerprint density at radius 1 is 1.00 bits per heavy atom. The molecule has 2 N–H and O–H groups in total. The van der Waals surface area contributed by atoms with Gasteiger partial charge in [0.2, 0.25) is 0 Å². The topological polar surface area (TPSA) is 101 Å². The molecule has 0 unspecified atom stereocenters. The van der Waals surface area contributed by atoms with Gasteiger partial charge in [-0.3, -0.25) is 0 Å². The number of hydrogen-bond acceptors (Lipinski definition) is 5. The molecule has 9 heteroatoms. The third-order valence-corrected chi connectivity index (χ3v) is 6.05. The summed E-state index contributed by atoms with van der Waals surface area (Å²) in [7, 11) is -1.25. The van der Waals surface area contributed by atoms with E-state index in [9.17, 15) is 8.42 Å². The van der Waals surface area contributed by atoms with Crippen LogP contribution in [0.1, 0.15) is 22.8 Å². The summed E-state index contributed by atoms with van der Waals surface area (Å²) in [5.41, 5.74) is 2.17. The van der Waals surface area contributed by atoms with Crippen LogP contribution in [-0.4, -0.2) is 41.9 Å². The predicted molar refractivity (Wildman–Crippen MR) is 121 cm³/mol. The number of nitrogens with zero attached hydrogens (tertiary/aromatic N) is 4. The van der Waals surface area contributed by atoms with Crippen LogP contribution in [-0.2, 0) is 36.4 Å². The largest absolute Gasteiger partial charge is 0.356 e. The fraction of sp³-hybridized carbons (Fsp3) is 0.318. The minimum absolute atomic E-state index is 0.329. The van der Waals surface area contributed by atoms with Gasteiger partial charge in [0.1, 0.15) is 5.82 Å². The normalized spacial score (nSPS) is 12.0. The highest BCUT2D eigenvalue weighted by molar-refractivity contribution is 7.90. The van der Waals surface area contributed by atoms with Crippen molar-refractivity contribution in [1.29, 1.82) is 0 Å². The van der Waals surface area contributed by atoms with Gasteiger partial charge in [0.25, 0.3) is 0 Å². The summed E-state index contributed by atoms with van der Waals surface area (Å²) in [6, 6.07) is 17.0. The van der Waals surface area contributed by atoms with Gasteiger partial charge in [-0.05, 0) is 36.6 Å². The Labute approximate surface area is 183 Å². The smallest absolute Gasteiger partial charge is 0.191 e. The maximum Gasteiger partial charge on any atom is 0.191 e. The molecule has 0 amide bonds. The Bertz CT molecular complexity index is 1120. The van der Waals surface area contributed by atoms with Gasteiger partial charge in [0, 0.05) is 19.8 Å². The number of sulfone groups is 1. The molecule has 0 radical (unpaired) electrons. The molecular weight excluding hydrogens is 412 g/mol. The Hall–Kier alpha value is -3.20. The van der Waals surface area contributed by atoms with Crippen LogP contribution in [0.15, 0.2) is 64.5 Å². The predicted octanol–water partition coefficient (Wildman–Crippen LogP) is 2.01. The zero-order chi connectivity index (χ0) is 22.3. The average molecular weight is 441 g/mol. The average Bonchev–Trinajstić information content (AvgIpc) is 3.08. The fourth-order valence-electron chi connectivity index (χ4n) is 2.92. The van der Waals surface area contributed by atoms with Crippen LogP contribution in [0, 0.1) is 6.92 Å². The second kappa shape index (κ2) is 10.2. The quantitative estimate of drug-likeness (QED) is 0.410. The number of rotatable bonds is 8. The molecule has 0 aliphatic rings. The van der Waals surface area contributed by atoms with Crippen molar-refractivity contribution in [2.45, 2.75) is 31.3 Å². The highest BCUT2D eigenvalue weighted by atomic mass is 32.2. The monoisotopic (exact) mass is 440 g/mol. The molecule has 2 aromatic carbocycles. The molecule has 0 aliphatic heterocycles. The minimum Gasteiger partial charge on any atom is -0.356 e. The van der Waals surface area contributed by atoms with E-state index in [2.05, 4.69) is 25.8 Å². The summed E-state index contributed by atoms with van der Waals surface area (Å²) in [6.45, 7) is 3.61. The maximum atomic E-state index is 11.6. The van der Waals surface area contributed by atoms with E-state index in [1.54, 1.807) is 12.1 Å². The first-order valence-electron chi connectivity index (χ1n) is 10.0. The summed E-state index contributed by atoms with van der Waals surface area (Å²) in [6.07, 6.45) is 1.95. The van der Waals surface area contributed by atoms with Crippen molar-refractivity contribution < 1.29 is 8.42 Å². The molecule has 0 atom stereocenters. The second-order valence-electron chi connectivity index (χ2n) is 7.32. The molecular formula is C22H28N6O2S. The Morgan fingerprint density at radius 3 is 2.32 bits per heavy atom. The van der Waals surface area contributed by atoms with E-state index < -0.39 is 9.84 Å². The van der Waals surface area contributed by atoms with Crippen LogP contribution in [0.5, 0.6) is 0 Å². The van der Waals surface area contributed by atoms with Crippen LogP contribution < -0.4 is 10.6 Å². The van der Waals surface area contributed by atoms with Gasteiger partial charge in [0.15, 0.2) is 21.6 Å². The first-order valence-corrected chi connectivity index (χ1v) is 11.9. The lowest BCUT2D eigenvalue weighted by Gasteiger charge is -2.13. The van der Waals surface area contributed by atoms with Crippen LogP contribution in [0.3, 0.4) is 0 Å². The molecule has 3 aromatic rings. The standard InChI is InChI=1S/C22H28N6O2S/c1-17-26-27-21(28(17)2)16-25-22(24-15-19-7-5-4-6-8-19)23-14-13-18-9-11-20(12-10-18)31(3,29)30/h4-12H,13-16H2,1-3H3,(H2,23,24,25). The first-order chi connectivity index (χ1) is 14.8. The maximum absolute atomic E-state index is 11.6. The number of benzene rings is 2. The van der Waals surface area contributed by atoms with Crippen LogP contribution in [0.2, 0.25) is 0 Å². The van der Waals surface area contributed by atoms with E-state index in [1.165, 1.54) is 6.26 Å². The second-order valence-corrected chi connectivity index (χ2v) is 9.34. The Morgan fingerprint density at radius 2 is 1.71 bits per heavy atom. The fourth-order valence-corrected chi connectivity index (χ4v) is 3.55. The molecule has 0 bridgehead atoms. The molecule has 0 saturated heterocycles. The highest BCUT2D eigenvalue weighted by Crippen LogP contribution is 2.10. The van der Waals surface area contributed by atoms with Gasteiger partial charge in [-0.1, -0.05) is 42.5 Å². The van der Waals surface area contributed by atoms with Gasteiger partial charge in [-0.2, -0.15) is 0 Å². The van der Waals surface area contributed by atoms with E-state index >= 15 is 0 Å². The van der Waals surface area contributed by atoms with Gasteiger partial charge < -0.3 is 15.2 Å². The SMILES string of the molecule is Cc1nnc(CNC(=NCc2ccccc2)NCCc2ccc(S(C)(=O)=O)cc2)n1C. The minimum atomic E-state index is -3.18. The van der Waals surface area contributed by atoms with E-state index in [0.717, 1.165) is 29.2 Å². The van der Waals surface area contributed by atoms with Gasteiger partial charge in [-0.25, -0.2) is 13.4 Å².